The van der Waals surface area contributed by atoms with E-state index in [9.17, 15) is 37.8 Å². The second-order valence-electron chi connectivity index (χ2n) is 7.78. The topological polar surface area (TPSA) is 179 Å². The van der Waals surface area contributed by atoms with Crippen LogP contribution < -0.4 is 16.0 Å². The van der Waals surface area contributed by atoms with E-state index in [0.717, 1.165) is 6.26 Å². The lowest BCUT2D eigenvalue weighted by Gasteiger charge is -2.22. The summed E-state index contributed by atoms with van der Waals surface area (Å²) in [5.41, 5.74) is 0.351. The van der Waals surface area contributed by atoms with Gasteiger partial charge in [-0.2, -0.15) is 0 Å². The zero-order valence-electron chi connectivity index (χ0n) is 18.8. The standard InChI is InChI=1S/C21H31N3O8S/c1-4-8-15(23-19(27)13(2)12-33(3,31)32)18(26)20(28)22-11-16(25)24-17(21(29)30)14-9-6-5-7-10-14/h5-7,9-10,13,15,17,20,22,28H,4,8,11-12H2,1-3H3,(H,23,27)(H,24,25)(H,29,30)/t13?,15?,17-,20-/m0/s1. The van der Waals surface area contributed by atoms with Crippen LogP contribution in [0.3, 0.4) is 0 Å². The van der Waals surface area contributed by atoms with Crippen LogP contribution in [0.15, 0.2) is 30.3 Å². The fourth-order valence-corrected chi connectivity index (χ4v) is 4.10. The number of carbonyl (C=O) groups excluding carboxylic acids is 3. The van der Waals surface area contributed by atoms with Gasteiger partial charge in [0.2, 0.25) is 11.8 Å². The molecule has 0 saturated heterocycles. The fraction of sp³-hybridized carbons (Fsp3) is 0.524. The number of carboxylic acids is 1. The van der Waals surface area contributed by atoms with Crippen molar-refractivity contribution in [1.82, 2.24) is 16.0 Å². The van der Waals surface area contributed by atoms with Crippen LogP contribution in [0.5, 0.6) is 0 Å². The molecule has 0 saturated carbocycles. The molecule has 5 N–H and O–H groups in total. The minimum atomic E-state index is -3.40. The number of aliphatic carboxylic acids is 1. The van der Waals surface area contributed by atoms with Gasteiger partial charge in [0.1, 0.15) is 9.84 Å². The molecule has 11 nitrogen and oxygen atoms in total. The third-order valence-corrected chi connectivity index (χ3v) is 5.75. The van der Waals surface area contributed by atoms with Gasteiger partial charge in [0.15, 0.2) is 18.1 Å². The van der Waals surface area contributed by atoms with Crippen molar-refractivity contribution in [2.24, 2.45) is 5.92 Å². The molecule has 184 valence electrons. The molecule has 0 radical (unpaired) electrons. The summed E-state index contributed by atoms with van der Waals surface area (Å²) < 4.78 is 22.8. The van der Waals surface area contributed by atoms with Gasteiger partial charge in [-0.1, -0.05) is 50.6 Å². The number of sulfone groups is 1. The summed E-state index contributed by atoms with van der Waals surface area (Å²) in [6, 6.07) is 5.61. The number of carbonyl (C=O) groups is 4. The van der Waals surface area contributed by atoms with Crippen molar-refractivity contribution >= 4 is 33.4 Å². The molecule has 0 heterocycles. The summed E-state index contributed by atoms with van der Waals surface area (Å²) >= 11 is 0. The number of Topliss-reactive ketones (excluding diaryl/α,β-unsaturated/α-hetero) is 1. The monoisotopic (exact) mass is 485 g/mol. The van der Waals surface area contributed by atoms with Crippen molar-refractivity contribution in [1.29, 1.82) is 0 Å². The van der Waals surface area contributed by atoms with Crippen LogP contribution in [0.2, 0.25) is 0 Å². The SMILES string of the molecule is CCCC(NC(=O)C(C)CS(C)(=O)=O)C(=O)[C@H](O)NCC(=O)N[C@H](C(=O)O)c1ccccc1. The Hall–Kier alpha value is -2.83. The molecule has 0 aliphatic rings. The van der Waals surface area contributed by atoms with Gasteiger partial charge in [-0.15, -0.1) is 0 Å². The Morgan fingerprint density at radius 1 is 1.06 bits per heavy atom. The van der Waals surface area contributed by atoms with Crippen molar-refractivity contribution in [3.05, 3.63) is 35.9 Å². The number of carboxylic acid groups (broad SMARTS) is 1. The molecule has 12 heteroatoms. The average molecular weight is 486 g/mol. The molecule has 2 unspecified atom stereocenters. The number of rotatable bonds is 14. The Labute approximate surface area is 192 Å². The maximum atomic E-state index is 12.6. The second kappa shape index (κ2) is 13.0. The predicted octanol–water partition coefficient (Wildman–Crippen LogP) is -0.629. The molecule has 33 heavy (non-hydrogen) atoms. The van der Waals surface area contributed by atoms with Gasteiger partial charge < -0.3 is 20.8 Å². The van der Waals surface area contributed by atoms with Gasteiger partial charge in [0.05, 0.1) is 18.3 Å². The molecular formula is C21H31N3O8S. The normalized spacial score (nSPS) is 15.0. The Bertz CT molecular complexity index is 936. The zero-order chi connectivity index (χ0) is 25.2. The number of hydrogen-bond donors (Lipinski definition) is 5. The zero-order valence-corrected chi connectivity index (χ0v) is 19.6. The van der Waals surface area contributed by atoms with Crippen LogP contribution in [-0.4, -0.2) is 73.0 Å². The van der Waals surface area contributed by atoms with E-state index < -0.39 is 64.2 Å². The van der Waals surface area contributed by atoms with E-state index >= 15 is 0 Å². The summed E-state index contributed by atoms with van der Waals surface area (Å²) in [4.78, 5) is 48.5. The van der Waals surface area contributed by atoms with E-state index in [2.05, 4.69) is 16.0 Å². The Kier molecular flexibility index (Phi) is 11.1. The van der Waals surface area contributed by atoms with Gasteiger partial charge in [-0.3, -0.25) is 19.7 Å². The maximum absolute atomic E-state index is 12.6. The maximum Gasteiger partial charge on any atom is 0.330 e. The van der Waals surface area contributed by atoms with Crippen molar-refractivity contribution in [2.75, 3.05) is 18.6 Å². The number of aliphatic hydroxyl groups excluding tert-OH is 1. The van der Waals surface area contributed by atoms with Crippen molar-refractivity contribution in [3.8, 4) is 0 Å². The van der Waals surface area contributed by atoms with E-state index in [1.807, 2.05) is 0 Å². The van der Waals surface area contributed by atoms with Gasteiger partial charge in [-0.25, -0.2) is 13.2 Å². The van der Waals surface area contributed by atoms with Gasteiger partial charge >= 0.3 is 5.97 Å². The highest BCUT2D eigenvalue weighted by atomic mass is 32.2. The lowest BCUT2D eigenvalue weighted by Crippen LogP contribution is -2.53. The molecule has 2 amide bonds. The largest absolute Gasteiger partial charge is 0.479 e. The van der Waals surface area contributed by atoms with Gasteiger partial charge in [0.25, 0.3) is 0 Å². The van der Waals surface area contributed by atoms with E-state index in [0.29, 0.717) is 12.0 Å². The summed E-state index contributed by atoms with van der Waals surface area (Å²) in [7, 11) is -3.40. The highest BCUT2D eigenvalue weighted by Gasteiger charge is 2.29. The lowest BCUT2D eigenvalue weighted by atomic mass is 10.0. The quantitative estimate of drug-likeness (QED) is 0.215. The molecule has 0 aliphatic heterocycles. The first kappa shape index (κ1) is 28.2. The fourth-order valence-electron chi connectivity index (χ4n) is 3.04. The Morgan fingerprint density at radius 2 is 1.67 bits per heavy atom. The minimum Gasteiger partial charge on any atom is -0.479 e. The van der Waals surface area contributed by atoms with Crippen molar-refractivity contribution < 1.29 is 37.8 Å². The molecule has 0 aliphatic carbocycles. The third kappa shape index (κ3) is 10.1. The van der Waals surface area contributed by atoms with Crippen LogP contribution in [-0.2, 0) is 29.0 Å². The van der Waals surface area contributed by atoms with Crippen LogP contribution >= 0.6 is 0 Å². The summed E-state index contributed by atoms with van der Waals surface area (Å²) in [5, 5.41) is 26.6. The Balaban J connectivity index is 2.70. The van der Waals surface area contributed by atoms with Crippen LogP contribution in [0.1, 0.15) is 38.3 Å². The van der Waals surface area contributed by atoms with E-state index in [1.165, 1.54) is 19.1 Å². The number of nitrogens with one attached hydrogen (secondary N) is 3. The van der Waals surface area contributed by atoms with Gasteiger partial charge in [0, 0.05) is 12.2 Å². The predicted molar refractivity (Wildman–Crippen MR) is 120 cm³/mol. The average Bonchev–Trinajstić information content (AvgIpc) is 2.74. The molecular weight excluding hydrogens is 454 g/mol. The third-order valence-electron chi connectivity index (χ3n) is 4.65. The molecule has 1 aromatic carbocycles. The number of benzene rings is 1. The highest BCUT2D eigenvalue weighted by molar-refractivity contribution is 7.90. The van der Waals surface area contributed by atoms with Crippen LogP contribution in [0, 0.1) is 5.92 Å². The lowest BCUT2D eigenvalue weighted by molar-refractivity contribution is -0.142. The molecule has 4 atom stereocenters. The molecule has 0 bridgehead atoms. The summed E-state index contributed by atoms with van der Waals surface area (Å²) in [6.45, 7) is 2.62. The molecule has 0 aromatic heterocycles. The molecule has 1 rings (SSSR count). The first-order valence-corrected chi connectivity index (χ1v) is 12.4. The van der Waals surface area contributed by atoms with E-state index in [1.54, 1.807) is 25.1 Å². The minimum absolute atomic E-state index is 0.191. The van der Waals surface area contributed by atoms with Crippen molar-refractivity contribution in [2.45, 2.75) is 45.0 Å². The van der Waals surface area contributed by atoms with E-state index in [-0.39, 0.29) is 12.2 Å². The Morgan fingerprint density at radius 3 is 2.18 bits per heavy atom. The van der Waals surface area contributed by atoms with Crippen LogP contribution in [0.25, 0.3) is 0 Å². The number of amides is 2. The first-order chi connectivity index (χ1) is 15.4. The van der Waals surface area contributed by atoms with Gasteiger partial charge in [-0.05, 0) is 12.0 Å². The molecule has 0 spiro atoms. The van der Waals surface area contributed by atoms with Crippen molar-refractivity contribution in [3.63, 3.8) is 0 Å². The van der Waals surface area contributed by atoms with Crippen LogP contribution in [0.4, 0.5) is 0 Å². The highest BCUT2D eigenvalue weighted by Crippen LogP contribution is 2.12. The molecule has 1 aromatic rings. The summed E-state index contributed by atoms with van der Waals surface area (Å²) in [5.74, 6) is -4.78. The number of aliphatic hydroxyl groups is 1. The smallest absolute Gasteiger partial charge is 0.330 e. The number of ketones is 1. The molecule has 0 fully saturated rings. The summed E-state index contributed by atoms with van der Waals surface area (Å²) in [6.07, 6.45) is -0.132. The van der Waals surface area contributed by atoms with E-state index in [4.69, 9.17) is 0 Å². The second-order valence-corrected chi connectivity index (χ2v) is 9.96. The first-order valence-electron chi connectivity index (χ1n) is 10.4. The number of hydrogen-bond acceptors (Lipinski definition) is 8.